The first-order chi connectivity index (χ1) is 11.3. The van der Waals surface area contributed by atoms with Gasteiger partial charge in [0.25, 0.3) is 0 Å². The predicted octanol–water partition coefficient (Wildman–Crippen LogP) is 3.63. The summed E-state index contributed by atoms with van der Waals surface area (Å²) in [5.74, 6) is 0. The molecule has 6 nitrogen and oxygen atoms in total. The van der Waals surface area contributed by atoms with Gasteiger partial charge in [-0.2, -0.15) is 5.26 Å². The fourth-order valence-electron chi connectivity index (χ4n) is 2.81. The van der Waals surface area contributed by atoms with Gasteiger partial charge in [0.05, 0.1) is 22.5 Å². The van der Waals surface area contributed by atoms with E-state index in [0.717, 1.165) is 39.0 Å². The van der Waals surface area contributed by atoms with Gasteiger partial charge in [0.1, 0.15) is 17.9 Å². The zero-order valence-electron chi connectivity index (χ0n) is 13.4. The fraction of sp³-hybridized carbons (Fsp3) is 0.0556. The van der Waals surface area contributed by atoms with Gasteiger partial charge in [-0.25, -0.2) is 9.97 Å². The number of aromatic amines is 1. The third kappa shape index (κ3) is 3.11. The monoisotopic (exact) mass is 353 g/mol. The Kier molecular flexibility index (Phi) is 5.22. The Balaban J connectivity index is 0.00000113. The lowest BCUT2D eigenvalue weighted by molar-refractivity contribution is 0.824. The number of aromatic nitrogens is 3. The van der Waals surface area contributed by atoms with E-state index in [-0.39, 0.29) is 17.9 Å². The van der Waals surface area contributed by atoms with E-state index in [9.17, 15) is 5.26 Å². The van der Waals surface area contributed by atoms with Crippen LogP contribution in [0.5, 0.6) is 0 Å². The Morgan fingerprint density at radius 2 is 1.88 bits per heavy atom. The summed E-state index contributed by atoms with van der Waals surface area (Å²) in [7, 11) is 0. The first-order valence-corrected chi connectivity index (χ1v) is 7.25. The number of para-hydroxylation sites is 1. The van der Waals surface area contributed by atoms with Gasteiger partial charge in [0.2, 0.25) is 0 Å². The summed E-state index contributed by atoms with van der Waals surface area (Å²) in [5, 5.41) is 13.6. The van der Waals surface area contributed by atoms with Crippen LogP contribution in [0.15, 0.2) is 48.8 Å². The van der Waals surface area contributed by atoms with Crippen molar-refractivity contribution < 1.29 is 5.48 Å². The van der Waals surface area contributed by atoms with Gasteiger partial charge in [-0.05, 0) is 37.3 Å². The molecule has 0 saturated heterocycles. The van der Waals surface area contributed by atoms with Crippen LogP contribution >= 0.6 is 12.4 Å². The lowest BCUT2D eigenvalue weighted by Crippen LogP contribution is -1.97. The minimum atomic E-state index is 0. The summed E-state index contributed by atoms with van der Waals surface area (Å²) in [5.41, 5.74) is 5.99. The van der Waals surface area contributed by atoms with Crippen LogP contribution in [0.1, 0.15) is 11.3 Å². The second kappa shape index (κ2) is 7.18. The highest BCUT2D eigenvalue weighted by molar-refractivity contribution is 6.10. The Labute approximate surface area is 150 Å². The summed E-state index contributed by atoms with van der Waals surface area (Å²) < 4.78 is 0. The van der Waals surface area contributed by atoms with E-state index >= 15 is 0 Å². The quantitative estimate of drug-likeness (QED) is 0.573. The molecule has 0 aliphatic rings. The number of nitrogens with zero attached hydrogens (tertiary/aromatic N) is 3. The van der Waals surface area contributed by atoms with Crippen LogP contribution in [0, 0.1) is 18.3 Å². The Bertz CT molecular complexity index is 1080. The Hall–Kier alpha value is -3.14. The van der Waals surface area contributed by atoms with Gasteiger partial charge >= 0.3 is 0 Å². The maximum absolute atomic E-state index is 9.28. The third-order valence-electron chi connectivity index (χ3n) is 3.82. The maximum atomic E-state index is 9.28. The topological polar surface area (TPSA) is 109 Å². The van der Waals surface area contributed by atoms with Crippen molar-refractivity contribution in [3.8, 4) is 6.07 Å². The number of nitrogens with one attached hydrogen (secondary N) is 2. The molecule has 0 bridgehead atoms. The number of hydrogen-bond donors (Lipinski definition) is 2. The van der Waals surface area contributed by atoms with Crippen molar-refractivity contribution in [2.24, 2.45) is 0 Å². The Morgan fingerprint density at radius 1 is 1.08 bits per heavy atom. The number of aryl methyl sites for hydroxylation is 1. The minimum Gasteiger partial charge on any atom is -0.412 e. The van der Waals surface area contributed by atoms with E-state index in [4.69, 9.17) is 0 Å². The lowest BCUT2D eigenvalue weighted by Gasteiger charge is -2.13. The standard InChI is InChI=1S/C18H13N5.ClH.H2O/c1-11-8-16(23-13-5-3-2-4-12(13)9-19)17-14(22-11)6-7-15-18(17)21-10-20-15;;/h2-8,10,22-23H,1H3;1H;1H2. The number of H-pyrrole nitrogens is 1. The van der Waals surface area contributed by atoms with Crippen molar-refractivity contribution in [1.29, 1.82) is 5.26 Å². The van der Waals surface area contributed by atoms with Crippen LogP contribution in [-0.4, -0.2) is 20.4 Å². The molecule has 7 heteroatoms. The number of imidazole rings is 1. The van der Waals surface area contributed by atoms with E-state index in [1.807, 2.05) is 43.3 Å². The maximum Gasteiger partial charge on any atom is 0.116 e. The highest BCUT2D eigenvalue weighted by Crippen LogP contribution is 2.32. The van der Waals surface area contributed by atoms with Gasteiger partial charge in [0.15, 0.2) is 0 Å². The molecule has 0 atom stereocenters. The normalized spacial score (nSPS) is 9.92. The van der Waals surface area contributed by atoms with Gasteiger partial charge in [0, 0.05) is 16.6 Å². The minimum absolute atomic E-state index is 0. The van der Waals surface area contributed by atoms with Crippen molar-refractivity contribution in [2.75, 3.05) is 5.32 Å². The molecule has 126 valence electrons. The number of nitriles is 1. The summed E-state index contributed by atoms with van der Waals surface area (Å²) in [4.78, 5) is 12.0. The molecule has 0 aliphatic carbocycles. The lowest BCUT2D eigenvalue weighted by atomic mass is 10.1. The van der Waals surface area contributed by atoms with Gasteiger partial charge in [-0.1, -0.05) is 12.1 Å². The smallest absolute Gasteiger partial charge is 0.116 e. The third-order valence-corrected chi connectivity index (χ3v) is 3.82. The molecule has 0 saturated carbocycles. The highest BCUT2D eigenvalue weighted by atomic mass is 35.5. The summed E-state index contributed by atoms with van der Waals surface area (Å²) in [6, 6.07) is 15.6. The number of fused-ring (bicyclic) bond motifs is 3. The summed E-state index contributed by atoms with van der Waals surface area (Å²) in [6.07, 6.45) is 1.57. The number of anilines is 2. The number of rotatable bonds is 2. The molecule has 0 fully saturated rings. The second-order valence-electron chi connectivity index (χ2n) is 5.38. The number of halogens is 1. The van der Waals surface area contributed by atoms with E-state index < -0.39 is 0 Å². The van der Waals surface area contributed by atoms with Crippen LogP contribution in [0.25, 0.3) is 21.9 Å². The van der Waals surface area contributed by atoms with Gasteiger partial charge in [-0.3, -0.25) is 0 Å². The van der Waals surface area contributed by atoms with Crippen LogP contribution < -0.4 is 5.32 Å². The van der Waals surface area contributed by atoms with Crippen LogP contribution in [0.3, 0.4) is 0 Å². The number of hydrogen-bond acceptors (Lipinski definition) is 4. The second-order valence-corrected chi connectivity index (χ2v) is 5.38. The molecule has 2 aromatic heterocycles. The van der Waals surface area contributed by atoms with E-state index in [2.05, 4.69) is 26.3 Å². The molecule has 4 N–H and O–H groups in total. The average molecular weight is 354 g/mol. The van der Waals surface area contributed by atoms with Crippen LogP contribution in [0.2, 0.25) is 0 Å². The van der Waals surface area contributed by atoms with E-state index in [0.29, 0.717) is 5.56 Å². The SMILES string of the molecule is Cc1cc(Nc2ccccc2C#N)c2c(ccc3ncnc32)[nH]1.Cl.O. The molecule has 2 aromatic carbocycles. The molecule has 25 heavy (non-hydrogen) atoms. The first kappa shape index (κ1) is 18.2. The van der Waals surface area contributed by atoms with Crippen molar-refractivity contribution in [2.45, 2.75) is 6.92 Å². The summed E-state index contributed by atoms with van der Waals surface area (Å²) >= 11 is 0. The van der Waals surface area contributed by atoms with Gasteiger partial charge < -0.3 is 15.8 Å². The molecule has 0 radical (unpaired) electrons. The molecule has 0 aliphatic heterocycles. The predicted molar refractivity (Wildman–Crippen MR) is 101 cm³/mol. The Morgan fingerprint density at radius 3 is 2.68 bits per heavy atom. The molecule has 0 unspecified atom stereocenters. The zero-order valence-corrected chi connectivity index (χ0v) is 14.2. The van der Waals surface area contributed by atoms with Crippen LogP contribution in [-0.2, 0) is 0 Å². The first-order valence-electron chi connectivity index (χ1n) is 7.25. The molecular weight excluding hydrogens is 338 g/mol. The molecule has 4 aromatic rings. The molecule has 2 heterocycles. The van der Waals surface area contributed by atoms with Crippen molar-refractivity contribution in [1.82, 2.24) is 15.0 Å². The summed E-state index contributed by atoms with van der Waals surface area (Å²) in [6.45, 7) is 2.00. The molecule has 0 amide bonds. The number of benzene rings is 2. The average Bonchev–Trinajstić information content (AvgIpc) is 3.03. The highest BCUT2D eigenvalue weighted by Gasteiger charge is 2.11. The van der Waals surface area contributed by atoms with E-state index in [1.165, 1.54) is 0 Å². The largest absolute Gasteiger partial charge is 0.412 e. The zero-order chi connectivity index (χ0) is 15.8. The van der Waals surface area contributed by atoms with Crippen LogP contribution in [0.4, 0.5) is 11.4 Å². The van der Waals surface area contributed by atoms with Crippen molar-refractivity contribution in [3.05, 3.63) is 60.0 Å². The fourth-order valence-corrected chi connectivity index (χ4v) is 2.81. The number of pyridine rings is 1. The van der Waals surface area contributed by atoms with Gasteiger partial charge in [-0.15, -0.1) is 12.4 Å². The molecular formula is C18H16ClN5O. The van der Waals surface area contributed by atoms with E-state index in [1.54, 1.807) is 12.4 Å². The molecule has 4 rings (SSSR count). The van der Waals surface area contributed by atoms with Crippen molar-refractivity contribution >= 4 is 45.7 Å². The van der Waals surface area contributed by atoms with Crippen molar-refractivity contribution in [3.63, 3.8) is 0 Å². The molecule has 0 spiro atoms.